The van der Waals surface area contributed by atoms with E-state index in [9.17, 15) is 14.4 Å². The Morgan fingerprint density at radius 2 is 0.650 bits per heavy atom. The van der Waals surface area contributed by atoms with Crippen LogP contribution in [0.15, 0.2) is 48.6 Å². The topological polar surface area (TPSA) is 78.9 Å². The molecule has 0 saturated carbocycles. The highest BCUT2D eigenvalue weighted by molar-refractivity contribution is 5.71. The zero-order valence-corrected chi connectivity index (χ0v) is 39.7. The maximum Gasteiger partial charge on any atom is 0.306 e. The molecule has 0 radical (unpaired) electrons. The second-order valence-electron chi connectivity index (χ2n) is 17.1. The molecule has 0 amide bonds. The monoisotopic (exact) mass is 841 g/mol. The van der Waals surface area contributed by atoms with Gasteiger partial charge in [0.25, 0.3) is 0 Å². The van der Waals surface area contributed by atoms with Crippen molar-refractivity contribution in [3.63, 3.8) is 0 Å². The van der Waals surface area contributed by atoms with Crippen molar-refractivity contribution in [1.29, 1.82) is 0 Å². The minimum absolute atomic E-state index is 0.0787. The fourth-order valence-electron chi connectivity index (χ4n) is 7.22. The first-order valence-corrected chi connectivity index (χ1v) is 25.6. The third kappa shape index (κ3) is 46.4. The lowest BCUT2D eigenvalue weighted by molar-refractivity contribution is -0.167. The number of hydrogen-bond donors (Lipinski definition) is 0. The first kappa shape index (κ1) is 57.4. The molecule has 348 valence electrons. The summed E-state index contributed by atoms with van der Waals surface area (Å²) in [7, 11) is 0. The fourth-order valence-corrected chi connectivity index (χ4v) is 7.22. The van der Waals surface area contributed by atoms with Crippen LogP contribution in [-0.4, -0.2) is 37.2 Å². The largest absolute Gasteiger partial charge is 0.462 e. The molecule has 6 nitrogen and oxygen atoms in total. The van der Waals surface area contributed by atoms with E-state index < -0.39 is 6.10 Å². The summed E-state index contributed by atoms with van der Waals surface area (Å²) in [5.41, 5.74) is 0. The Morgan fingerprint density at radius 3 is 1.03 bits per heavy atom. The van der Waals surface area contributed by atoms with Crippen molar-refractivity contribution in [2.45, 2.75) is 264 Å². The van der Waals surface area contributed by atoms with Crippen LogP contribution in [0.1, 0.15) is 258 Å². The van der Waals surface area contributed by atoms with Crippen LogP contribution in [0, 0.1) is 0 Å². The Labute approximate surface area is 371 Å². The minimum atomic E-state index is -0.779. The van der Waals surface area contributed by atoms with Crippen LogP contribution in [0.5, 0.6) is 0 Å². The second-order valence-corrected chi connectivity index (χ2v) is 17.1. The molecule has 1 unspecified atom stereocenters. The summed E-state index contributed by atoms with van der Waals surface area (Å²) in [5.74, 6) is -0.896. The van der Waals surface area contributed by atoms with Crippen LogP contribution in [0.4, 0.5) is 0 Å². The molecule has 0 saturated heterocycles. The average Bonchev–Trinajstić information content (AvgIpc) is 3.24. The van der Waals surface area contributed by atoms with E-state index in [1.54, 1.807) is 0 Å². The third-order valence-corrected chi connectivity index (χ3v) is 11.1. The van der Waals surface area contributed by atoms with E-state index in [2.05, 4.69) is 69.4 Å². The van der Waals surface area contributed by atoms with Crippen molar-refractivity contribution in [3.05, 3.63) is 48.6 Å². The van der Waals surface area contributed by atoms with Crippen molar-refractivity contribution in [1.82, 2.24) is 0 Å². The summed E-state index contributed by atoms with van der Waals surface area (Å²) >= 11 is 0. The van der Waals surface area contributed by atoms with Crippen LogP contribution < -0.4 is 0 Å². The van der Waals surface area contributed by atoms with Gasteiger partial charge in [-0.3, -0.25) is 14.4 Å². The number of unbranched alkanes of at least 4 members (excludes halogenated alkanes) is 27. The normalized spacial score (nSPS) is 12.4. The molecule has 0 aromatic heterocycles. The number of carbonyl (C=O) groups excluding carboxylic acids is 3. The van der Waals surface area contributed by atoms with Gasteiger partial charge in [0.15, 0.2) is 6.10 Å². The van der Waals surface area contributed by atoms with Crippen molar-refractivity contribution < 1.29 is 28.6 Å². The van der Waals surface area contributed by atoms with E-state index in [1.807, 2.05) is 0 Å². The summed E-state index contributed by atoms with van der Waals surface area (Å²) in [6.07, 6.45) is 58.1. The molecule has 0 rings (SSSR count). The second kappa shape index (κ2) is 49.0. The van der Waals surface area contributed by atoms with Gasteiger partial charge in [0.05, 0.1) is 0 Å². The van der Waals surface area contributed by atoms with Crippen LogP contribution in [0.25, 0.3) is 0 Å². The maximum absolute atomic E-state index is 12.8. The van der Waals surface area contributed by atoms with E-state index in [4.69, 9.17) is 14.2 Å². The standard InChI is InChI=1S/C54H96O6/c1-4-7-10-13-16-19-22-24-26-28-30-32-35-38-41-44-47-53(56)59-50-51(49-58-52(55)46-43-40-37-34-21-18-15-12-9-6-3)60-54(57)48-45-42-39-36-33-31-29-27-25-23-20-17-14-11-8-5-2/h7,10,16,19,24,26-27,29,51H,4-6,8-9,11-15,17-18,20-23,25,28,30-50H2,1-3H3/b10-7-,19-16-,26-24-,29-27-. The number of ether oxygens (including phenoxy) is 3. The summed E-state index contributed by atoms with van der Waals surface area (Å²) in [4.78, 5) is 37.9. The Hall–Kier alpha value is -2.63. The van der Waals surface area contributed by atoms with Gasteiger partial charge < -0.3 is 14.2 Å². The number of rotatable bonds is 46. The molecule has 0 N–H and O–H groups in total. The van der Waals surface area contributed by atoms with Gasteiger partial charge >= 0.3 is 17.9 Å². The SMILES string of the molecule is CC/C=C\C/C=C\C/C=C\CCCCCCCCC(=O)OCC(COC(=O)CCCCCCCCCCCC)OC(=O)CCCCCCC/C=C\CCCCCCCCC. The molecule has 0 spiro atoms. The van der Waals surface area contributed by atoms with Gasteiger partial charge in [0.2, 0.25) is 0 Å². The van der Waals surface area contributed by atoms with Gasteiger partial charge in [-0.05, 0) is 77.0 Å². The van der Waals surface area contributed by atoms with E-state index in [1.165, 1.54) is 122 Å². The minimum Gasteiger partial charge on any atom is -0.462 e. The van der Waals surface area contributed by atoms with Gasteiger partial charge in [-0.1, -0.05) is 211 Å². The van der Waals surface area contributed by atoms with Crippen LogP contribution in [0.3, 0.4) is 0 Å². The Balaban J connectivity index is 4.37. The highest BCUT2D eigenvalue weighted by atomic mass is 16.6. The van der Waals surface area contributed by atoms with Crippen molar-refractivity contribution in [2.75, 3.05) is 13.2 Å². The average molecular weight is 841 g/mol. The highest BCUT2D eigenvalue weighted by Gasteiger charge is 2.19. The molecule has 0 heterocycles. The molecule has 0 aromatic rings. The van der Waals surface area contributed by atoms with E-state index in [0.717, 1.165) is 96.3 Å². The highest BCUT2D eigenvalue weighted by Crippen LogP contribution is 2.15. The lowest BCUT2D eigenvalue weighted by Gasteiger charge is -2.18. The predicted octanol–water partition coefficient (Wildman–Crippen LogP) is 16.7. The van der Waals surface area contributed by atoms with Crippen molar-refractivity contribution in [3.8, 4) is 0 Å². The smallest absolute Gasteiger partial charge is 0.306 e. The van der Waals surface area contributed by atoms with Gasteiger partial charge in [-0.25, -0.2) is 0 Å². The molecule has 0 fully saturated rings. The molecule has 1 atom stereocenters. The summed E-state index contributed by atoms with van der Waals surface area (Å²) < 4.78 is 16.8. The molecule has 60 heavy (non-hydrogen) atoms. The Kier molecular flexibility index (Phi) is 46.9. The van der Waals surface area contributed by atoms with Crippen molar-refractivity contribution >= 4 is 17.9 Å². The van der Waals surface area contributed by atoms with Gasteiger partial charge in [-0.2, -0.15) is 0 Å². The van der Waals surface area contributed by atoms with Crippen LogP contribution in [0.2, 0.25) is 0 Å². The molecule has 0 bridgehead atoms. The lowest BCUT2D eigenvalue weighted by atomic mass is 10.1. The van der Waals surface area contributed by atoms with Gasteiger partial charge in [0.1, 0.15) is 13.2 Å². The van der Waals surface area contributed by atoms with Gasteiger partial charge in [0, 0.05) is 19.3 Å². The molecule has 0 aromatic carbocycles. The summed E-state index contributed by atoms with van der Waals surface area (Å²) in [6.45, 7) is 6.51. The zero-order valence-electron chi connectivity index (χ0n) is 39.7. The van der Waals surface area contributed by atoms with Crippen LogP contribution in [-0.2, 0) is 28.6 Å². The molecular weight excluding hydrogens is 745 g/mol. The zero-order chi connectivity index (χ0) is 43.7. The number of carbonyl (C=O) groups is 3. The maximum atomic E-state index is 12.8. The first-order chi connectivity index (χ1) is 29.5. The summed E-state index contributed by atoms with van der Waals surface area (Å²) in [5, 5.41) is 0. The van der Waals surface area contributed by atoms with E-state index in [-0.39, 0.29) is 31.1 Å². The molecule has 6 heteroatoms. The van der Waals surface area contributed by atoms with Gasteiger partial charge in [-0.15, -0.1) is 0 Å². The molecule has 0 aliphatic heterocycles. The molecular formula is C54H96O6. The Bertz CT molecular complexity index is 1060. The fraction of sp³-hybridized carbons (Fsp3) is 0.796. The van der Waals surface area contributed by atoms with Crippen LogP contribution >= 0.6 is 0 Å². The number of allylic oxidation sites excluding steroid dienone is 8. The number of esters is 3. The van der Waals surface area contributed by atoms with E-state index >= 15 is 0 Å². The third-order valence-electron chi connectivity index (χ3n) is 11.1. The quantitative estimate of drug-likeness (QED) is 0.0263. The molecule has 0 aliphatic rings. The summed E-state index contributed by atoms with van der Waals surface area (Å²) in [6, 6.07) is 0. The number of hydrogen-bond acceptors (Lipinski definition) is 6. The first-order valence-electron chi connectivity index (χ1n) is 25.6. The Morgan fingerprint density at radius 1 is 0.350 bits per heavy atom. The lowest BCUT2D eigenvalue weighted by Crippen LogP contribution is -2.30. The molecule has 0 aliphatic carbocycles. The van der Waals surface area contributed by atoms with E-state index in [0.29, 0.717) is 19.3 Å². The van der Waals surface area contributed by atoms with Crippen molar-refractivity contribution in [2.24, 2.45) is 0 Å². The predicted molar refractivity (Wildman–Crippen MR) is 256 cm³/mol.